The third kappa shape index (κ3) is 3.59. The number of nitrogens with zero attached hydrogens (tertiary/aromatic N) is 1. The van der Waals surface area contributed by atoms with Gasteiger partial charge in [0.1, 0.15) is 6.54 Å². The molecule has 2 rings (SSSR count). The SMILES string of the molecule is Nc1ccc(NC(=O)Cn2ccc(=O)cc2)c(Cl)c1. The minimum atomic E-state index is -0.240. The van der Waals surface area contributed by atoms with Crippen molar-refractivity contribution in [1.82, 2.24) is 4.57 Å². The van der Waals surface area contributed by atoms with Crippen molar-refractivity contribution in [1.29, 1.82) is 0 Å². The van der Waals surface area contributed by atoms with Crippen LogP contribution in [0, 0.1) is 0 Å². The molecule has 1 aromatic heterocycles. The molecule has 2 aromatic rings. The maximum atomic E-state index is 11.8. The Labute approximate surface area is 114 Å². The molecule has 3 N–H and O–H groups in total. The fourth-order valence-corrected chi connectivity index (χ4v) is 1.77. The third-order valence-corrected chi connectivity index (χ3v) is 2.77. The second kappa shape index (κ2) is 5.58. The summed E-state index contributed by atoms with van der Waals surface area (Å²) in [5.74, 6) is -0.240. The van der Waals surface area contributed by atoms with E-state index in [-0.39, 0.29) is 17.9 Å². The average Bonchev–Trinajstić information content (AvgIpc) is 2.36. The average molecular weight is 278 g/mol. The number of hydrogen-bond donors (Lipinski definition) is 2. The van der Waals surface area contributed by atoms with Gasteiger partial charge in [0.25, 0.3) is 0 Å². The Morgan fingerprint density at radius 2 is 1.95 bits per heavy atom. The maximum absolute atomic E-state index is 11.8. The second-order valence-electron chi connectivity index (χ2n) is 3.99. The van der Waals surface area contributed by atoms with Crippen molar-refractivity contribution in [2.24, 2.45) is 0 Å². The van der Waals surface area contributed by atoms with Crippen molar-refractivity contribution in [2.45, 2.75) is 6.54 Å². The molecule has 0 unspecified atom stereocenters. The number of hydrogen-bond acceptors (Lipinski definition) is 3. The lowest BCUT2D eigenvalue weighted by Crippen LogP contribution is -2.19. The van der Waals surface area contributed by atoms with E-state index < -0.39 is 0 Å². The fourth-order valence-electron chi connectivity index (χ4n) is 1.54. The summed E-state index contributed by atoms with van der Waals surface area (Å²) in [4.78, 5) is 22.7. The number of amides is 1. The van der Waals surface area contributed by atoms with Gasteiger partial charge in [0.2, 0.25) is 5.91 Å². The molecule has 98 valence electrons. The van der Waals surface area contributed by atoms with Gasteiger partial charge in [-0.2, -0.15) is 0 Å². The van der Waals surface area contributed by atoms with Crippen molar-refractivity contribution in [3.8, 4) is 0 Å². The summed E-state index contributed by atoms with van der Waals surface area (Å²) in [6.07, 6.45) is 3.10. The van der Waals surface area contributed by atoms with E-state index in [0.717, 1.165) is 0 Å². The summed E-state index contributed by atoms with van der Waals surface area (Å²) in [6.45, 7) is 0.0982. The van der Waals surface area contributed by atoms with Crippen LogP contribution >= 0.6 is 11.6 Å². The number of halogens is 1. The normalized spacial score (nSPS) is 10.2. The fraction of sp³-hybridized carbons (Fsp3) is 0.0769. The van der Waals surface area contributed by atoms with Gasteiger partial charge in [0.15, 0.2) is 5.43 Å². The van der Waals surface area contributed by atoms with Crippen molar-refractivity contribution < 1.29 is 4.79 Å². The molecular weight excluding hydrogens is 266 g/mol. The highest BCUT2D eigenvalue weighted by Gasteiger charge is 2.06. The van der Waals surface area contributed by atoms with Gasteiger partial charge in [-0.3, -0.25) is 9.59 Å². The Morgan fingerprint density at radius 1 is 1.26 bits per heavy atom. The first-order valence-corrected chi connectivity index (χ1v) is 5.93. The van der Waals surface area contributed by atoms with Gasteiger partial charge in [0.05, 0.1) is 10.7 Å². The molecule has 0 saturated heterocycles. The molecule has 0 atom stereocenters. The van der Waals surface area contributed by atoms with E-state index in [2.05, 4.69) is 5.32 Å². The number of nitrogens with one attached hydrogen (secondary N) is 1. The molecule has 0 saturated carbocycles. The van der Waals surface area contributed by atoms with E-state index in [1.807, 2.05) is 0 Å². The maximum Gasteiger partial charge on any atom is 0.244 e. The molecule has 1 amide bonds. The van der Waals surface area contributed by atoms with Crippen LogP contribution in [0.15, 0.2) is 47.5 Å². The number of carbonyl (C=O) groups is 1. The zero-order chi connectivity index (χ0) is 13.8. The monoisotopic (exact) mass is 277 g/mol. The van der Waals surface area contributed by atoms with Crippen molar-refractivity contribution in [3.05, 3.63) is 58.0 Å². The predicted octanol–water partition coefficient (Wildman–Crippen LogP) is 1.72. The highest BCUT2D eigenvalue weighted by Crippen LogP contribution is 2.23. The smallest absolute Gasteiger partial charge is 0.244 e. The molecule has 0 aliphatic rings. The van der Waals surface area contributed by atoms with E-state index in [0.29, 0.717) is 16.4 Å². The van der Waals surface area contributed by atoms with Gasteiger partial charge in [-0.1, -0.05) is 11.6 Å². The first kappa shape index (κ1) is 13.2. The Kier molecular flexibility index (Phi) is 3.87. The lowest BCUT2D eigenvalue weighted by atomic mass is 10.3. The molecule has 6 heteroatoms. The first-order valence-electron chi connectivity index (χ1n) is 5.55. The van der Waals surface area contributed by atoms with Crippen LogP contribution in [0.2, 0.25) is 5.02 Å². The molecule has 0 aliphatic carbocycles. The van der Waals surface area contributed by atoms with Crippen molar-refractivity contribution in [3.63, 3.8) is 0 Å². The molecule has 0 aliphatic heterocycles. The Hall–Kier alpha value is -2.27. The standard InChI is InChI=1S/C13H12ClN3O2/c14-11-7-9(15)1-2-12(11)16-13(19)8-17-5-3-10(18)4-6-17/h1-7H,8,15H2,(H,16,19). The molecule has 0 fully saturated rings. The van der Waals surface area contributed by atoms with Gasteiger partial charge >= 0.3 is 0 Å². The van der Waals surface area contributed by atoms with E-state index in [9.17, 15) is 9.59 Å². The van der Waals surface area contributed by atoms with Gasteiger partial charge in [-0.25, -0.2) is 0 Å². The predicted molar refractivity (Wildman–Crippen MR) is 75.2 cm³/mol. The molecule has 0 spiro atoms. The number of rotatable bonds is 3. The minimum absolute atomic E-state index is 0.0982. The van der Waals surface area contributed by atoms with Crippen molar-refractivity contribution in [2.75, 3.05) is 11.1 Å². The van der Waals surface area contributed by atoms with Gasteiger partial charge in [-0.05, 0) is 18.2 Å². The number of benzene rings is 1. The molecular formula is C13H12ClN3O2. The lowest BCUT2D eigenvalue weighted by molar-refractivity contribution is -0.116. The van der Waals surface area contributed by atoms with Crippen LogP contribution in [0.5, 0.6) is 0 Å². The lowest BCUT2D eigenvalue weighted by Gasteiger charge is -2.09. The number of carbonyl (C=O) groups excluding carboxylic acids is 1. The van der Waals surface area contributed by atoms with E-state index in [1.54, 1.807) is 35.2 Å². The minimum Gasteiger partial charge on any atom is -0.399 e. The largest absolute Gasteiger partial charge is 0.399 e. The zero-order valence-corrected chi connectivity index (χ0v) is 10.7. The molecule has 0 radical (unpaired) electrons. The van der Waals surface area contributed by atoms with Crippen LogP contribution in [0.1, 0.15) is 0 Å². The van der Waals surface area contributed by atoms with Gasteiger partial charge in [-0.15, -0.1) is 0 Å². The van der Waals surface area contributed by atoms with Gasteiger partial charge in [0, 0.05) is 30.2 Å². The first-order chi connectivity index (χ1) is 9.04. The summed E-state index contributed by atoms with van der Waals surface area (Å²) in [6, 6.07) is 7.64. The molecule has 1 heterocycles. The molecule has 5 nitrogen and oxygen atoms in total. The van der Waals surface area contributed by atoms with E-state index in [4.69, 9.17) is 17.3 Å². The second-order valence-corrected chi connectivity index (χ2v) is 4.40. The topological polar surface area (TPSA) is 77.1 Å². The van der Waals surface area contributed by atoms with Crippen molar-refractivity contribution >= 4 is 28.9 Å². The highest BCUT2D eigenvalue weighted by molar-refractivity contribution is 6.34. The van der Waals surface area contributed by atoms with Gasteiger partial charge < -0.3 is 15.6 Å². The number of nitrogens with two attached hydrogens (primary N) is 1. The zero-order valence-electron chi connectivity index (χ0n) is 9.97. The summed E-state index contributed by atoms with van der Waals surface area (Å²) < 4.78 is 1.60. The third-order valence-electron chi connectivity index (χ3n) is 2.45. The van der Waals surface area contributed by atoms with E-state index >= 15 is 0 Å². The number of aromatic nitrogens is 1. The number of anilines is 2. The van der Waals surface area contributed by atoms with Crippen LogP contribution < -0.4 is 16.5 Å². The highest BCUT2D eigenvalue weighted by atomic mass is 35.5. The van der Waals surface area contributed by atoms with Crippen LogP contribution in [-0.2, 0) is 11.3 Å². The molecule has 19 heavy (non-hydrogen) atoms. The number of pyridine rings is 1. The molecule has 1 aromatic carbocycles. The van der Waals surface area contributed by atoms with Crippen LogP contribution in [0.25, 0.3) is 0 Å². The Bertz CT molecular complexity index is 647. The quantitative estimate of drug-likeness (QED) is 0.839. The van der Waals surface area contributed by atoms with E-state index in [1.165, 1.54) is 12.1 Å². The summed E-state index contributed by atoms with van der Waals surface area (Å²) in [5.41, 5.74) is 6.50. The Balaban J connectivity index is 2.05. The summed E-state index contributed by atoms with van der Waals surface area (Å²) in [7, 11) is 0. The number of nitrogen functional groups attached to an aromatic ring is 1. The Morgan fingerprint density at radius 3 is 2.58 bits per heavy atom. The van der Waals surface area contributed by atoms with Crippen LogP contribution in [0.4, 0.5) is 11.4 Å². The van der Waals surface area contributed by atoms with Crippen LogP contribution in [0.3, 0.4) is 0 Å². The summed E-state index contributed by atoms with van der Waals surface area (Å²) >= 11 is 5.95. The summed E-state index contributed by atoms with van der Waals surface area (Å²) in [5, 5.41) is 3.06. The molecule has 0 bridgehead atoms. The van der Waals surface area contributed by atoms with Crippen LogP contribution in [-0.4, -0.2) is 10.5 Å².